The number of aromatic nitrogens is 2. The quantitative estimate of drug-likeness (QED) is 0.743. The summed E-state index contributed by atoms with van der Waals surface area (Å²) in [6, 6.07) is -0.207. The Kier molecular flexibility index (Phi) is 4.11. The van der Waals surface area contributed by atoms with E-state index in [1.54, 1.807) is 13.8 Å². The molecular weight excluding hydrogens is 286 g/mol. The molecule has 9 heteroatoms. The molecule has 8 nitrogen and oxygen atoms in total. The second-order valence-electron chi connectivity index (χ2n) is 4.72. The molecule has 0 unspecified atom stereocenters. The minimum atomic E-state index is -3.66. The molecule has 112 valence electrons. The van der Waals surface area contributed by atoms with Crippen LogP contribution in [0.3, 0.4) is 0 Å². The predicted molar refractivity (Wildman–Crippen MR) is 68.9 cm³/mol. The van der Waals surface area contributed by atoms with Crippen LogP contribution in [0.15, 0.2) is 4.90 Å². The fourth-order valence-corrected chi connectivity index (χ4v) is 3.69. The van der Waals surface area contributed by atoms with Gasteiger partial charge in [-0.1, -0.05) is 0 Å². The van der Waals surface area contributed by atoms with E-state index in [1.165, 1.54) is 4.68 Å². The smallest absolute Gasteiger partial charge is 0.305 e. The van der Waals surface area contributed by atoms with Crippen molar-refractivity contribution in [3.63, 3.8) is 0 Å². The van der Waals surface area contributed by atoms with Crippen LogP contribution in [-0.4, -0.2) is 48.5 Å². The van der Waals surface area contributed by atoms with Crippen molar-refractivity contribution in [2.75, 3.05) is 13.2 Å². The van der Waals surface area contributed by atoms with E-state index in [-0.39, 0.29) is 23.9 Å². The number of ether oxygens (including phenoxy) is 1. The molecule has 1 aliphatic rings. The molecule has 1 saturated heterocycles. The van der Waals surface area contributed by atoms with Gasteiger partial charge in [-0.05, 0) is 13.8 Å². The number of carbonyl (C=O) groups is 1. The summed E-state index contributed by atoms with van der Waals surface area (Å²) in [4.78, 5) is 10.7. The fourth-order valence-electron chi connectivity index (χ4n) is 2.07. The standard InChI is InChI=1S/C11H17N3O5S/c1-7-11(20(17,18)13-9-5-19-6-9)8(2)14(12-7)4-3-10(15)16/h9,13H,3-6H2,1-2H3,(H,15,16). The second kappa shape index (κ2) is 5.51. The van der Waals surface area contributed by atoms with Crippen LogP contribution in [0.2, 0.25) is 0 Å². The Morgan fingerprint density at radius 3 is 2.65 bits per heavy atom. The number of hydrogen-bond acceptors (Lipinski definition) is 5. The Morgan fingerprint density at radius 2 is 2.15 bits per heavy atom. The molecule has 0 spiro atoms. The van der Waals surface area contributed by atoms with Crippen LogP contribution in [0.1, 0.15) is 17.8 Å². The molecule has 0 saturated carbocycles. The molecule has 1 aromatic rings. The number of aryl methyl sites for hydroxylation is 2. The number of rotatable bonds is 6. The SMILES string of the molecule is Cc1nn(CCC(=O)O)c(C)c1S(=O)(=O)NC1COC1. The van der Waals surface area contributed by atoms with E-state index < -0.39 is 16.0 Å². The molecule has 0 amide bonds. The van der Waals surface area contributed by atoms with E-state index in [4.69, 9.17) is 9.84 Å². The van der Waals surface area contributed by atoms with Crippen LogP contribution in [-0.2, 0) is 26.1 Å². The second-order valence-corrected chi connectivity index (χ2v) is 6.37. The number of hydrogen-bond donors (Lipinski definition) is 2. The van der Waals surface area contributed by atoms with Gasteiger partial charge in [-0.25, -0.2) is 13.1 Å². The molecule has 2 rings (SSSR count). The van der Waals surface area contributed by atoms with Gasteiger partial charge in [-0.2, -0.15) is 5.10 Å². The zero-order chi connectivity index (χ0) is 14.9. The number of carboxylic acid groups (broad SMARTS) is 1. The molecule has 20 heavy (non-hydrogen) atoms. The van der Waals surface area contributed by atoms with Crippen molar-refractivity contribution in [3.8, 4) is 0 Å². The van der Waals surface area contributed by atoms with Crippen molar-refractivity contribution in [2.24, 2.45) is 0 Å². The van der Waals surface area contributed by atoms with Crippen molar-refractivity contribution < 1.29 is 23.1 Å². The molecule has 1 fully saturated rings. The third-order valence-corrected chi connectivity index (χ3v) is 4.85. The third kappa shape index (κ3) is 3.00. The molecule has 1 aliphatic heterocycles. The van der Waals surface area contributed by atoms with Crippen LogP contribution in [0, 0.1) is 13.8 Å². The monoisotopic (exact) mass is 303 g/mol. The van der Waals surface area contributed by atoms with Gasteiger partial charge in [0, 0.05) is 0 Å². The highest BCUT2D eigenvalue weighted by Crippen LogP contribution is 2.20. The Hall–Kier alpha value is -1.45. The molecule has 1 aromatic heterocycles. The number of nitrogens with zero attached hydrogens (tertiary/aromatic N) is 2. The van der Waals surface area contributed by atoms with E-state index in [0.29, 0.717) is 24.6 Å². The van der Waals surface area contributed by atoms with Crippen molar-refractivity contribution in [1.29, 1.82) is 0 Å². The molecule has 0 radical (unpaired) electrons. The Balaban J connectivity index is 2.24. The highest BCUT2D eigenvalue weighted by Gasteiger charge is 2.30. The Bertz CT molecular complexity index is 618. The van der Waals surface area contributed by atoms with Crippen molar-refractivity contribution in [1.82, 2.24) is 14.5 Å². The van der Waals surface area contributed by atoms with E-state index in [9.17, 15) is 13.2 Å². The maximum atomic E-state index is 12.3. The van der Waals surface area contributed by atoms with Gasteiger partial charge in [0.15, 0.2) is 0 Å². The van der Waals surface area contributed by atoms with Crippen LogP contribution >= 0.6 is 0 Å². The third-order valence-electron chi connectivity index (χ3n) is 3.08. The number of carboxylic acids is 1. The lowest BCUT2D eigenvalue weighted by atomic mass is 10.3. The summed E-state index contributed by atoms with van der Waals surface area (Å²) in [7, 11) is -3.66. The first kappa shape index (κ1) is 14.9. The first-order valence-corrected chi connectivity index (χ1v) is 7.65. The van der Waals surface area contributed by atoms with Crippen molar-refractivity contribution in [2.45, 2.75) is 37.8 Å². The average molecular weight is 303 g/mol. The van der Waals surface area contributed by atoms with Gasteiger partial charge >= 0.3 is 5.97 Å². The zero-order valence-electron chi connectivity index (χ0n) is 11.3. The van der Waals surface area contributed by atoms with Gasteiger partial charge in [0.25, 0.3) is 0 Å². The minimum absolute atomic E-state index is 0.106. The van der Waals surface area contributed by atoms with Gasteiger partial charge < -0.3 is 9.84 Å². The van der Waals surface area contributed by atoms with Gasteiger partial charge in [0.1, 0.15) is 4.90 Å². The van der Waals surface area contributed by atoms with E-state index >= 15 is 0 Å². The maximum Gasteiger partial charge on any atom is 0.305 e. The number of sulfonamides is 1. The summed E-state index contributed by atoms with van der Waals surface area (Å²) >= 11 is 0. The molecule has 2 N–H and O–H groups in total. The summed E-state index contributed by atoms with van der Waals surface area (Å²) in [6.45, 7) is 4.09. The van der Waals surface area contributed by atoms with Gasteiger partial charge in [-0.15, -0.1) is 0 Å². The van der Waals surface area contributed by atoms with Crippen LogP contribution < -0.4 is 4.72 Å². The molecule has 0 aliphatic carbocycles. The van der Waals surface area contributed by atoms with Crippen molar-refractivity contribution >= 4 is 16.0 Å². The van der Waals surface area contributed by atoms with E-state index in [2.05, 4.69) is 9.82 Å². The summed E-state index contributed by atoms with van der Waals surface area (Å²) in [5.74, 6) is -0.952. The van der Waals surface area contributed by atoms with Gasteiger partial charge in [-0.3, -0.25) is 9.48 Å². The molecule has 0 atom stereocenters. The largest absolute Gasteiger partial charge is 0.481 e. The highest BCUT2D eigenvalue weighted by atomic mass is 32.2. The summed E-state index contributed by atoms with van der Waals surface area (Å²) in [5.41, 5.74) is 0.803. The summed E-state index contributed by atoms with van der Waals surface area (Å²) in [5, 5.41) is 12.8. The normalized spacial score (nSPS) is 16.1. The Morgan fingerprint density at radius 1 is 1.50 bits per heavy atom. The molecule has 0 aromatic carbocycles. The van der Waals surface area contributed by atoms with Crippen LogP contribution in [0.5, 0.6) is 0 Å². The maximum absolute atomic E-state index is 12.3. The minimum Gasteiger partial charge on any atom is -0.481 e. The number of nitrogens with one attached hydrogen (secondary N) is 1. The zero-order valence-corrected chi connectivity index (χ0v) is 12.1. The lowest BCUT2D eigenvalue weighted by Crippen LogP contribution is -2.48. The first-order chi connectivity index (χ1) is 9.31. The first-order valence-electron chi connectivity index (χ1n) is 6.17. The van der Waals surface area contributed by atoms with Crippen LogP contribution in [0.4, 0.5) is 0 Å². The topological polar surface area (TPSA) is 111 Å². The molecular formula is C11H17N3O5S. The lowest BCUT2D eigenvalue weighted by Gasteiger charge is -2.26. The highest BCUT2D eigenvalue weighted by molar-refractivity contribution is 7.89. The molecule has 0 bridgehead atoms. The fraction of sp³-hybridized carbons (Fsp3) is 0.636. The van der Waals surface area contributed by atoms with Gasteiger partial charge in [0.05, 0.1) is 43.6 Å². The predicted octanol–water partition coefficient (Wildman–Crippen LogP) is -0.348. The van der Waals surface area contributed by atoms with Crippen molar-refractivity contribution in [3.05, 3.63) is 11.4 Å². The van der Waals surface area contributed by atoms with Crippen LogP contribution in [0.25, 0.3) is 0 Å². The summed E-state index contributed by atoms with van der Waals surface area (Å²) < 4.78 is 33.5. The van der Waals surface area contributed by atoms with E-state index in [0.717, 1.165) is 0 Å². The average Bonchev–Trinajstić information content (AvgIpc) is 2.57. The molecule has 2 heterocycles. The van der Waals surface area contributed by atoms with Gasteiger partial charge in [0.2, 0.25) is 10.0 Å². The lowest BCUT2D eigenvalue weighted by molar-refractivity contribution is -0.137. The van der Waals surface area contributed by atoms with E-state index in [1.807, 2.05) is 0 Å². The summed E-state index contributed by atoms with van der Waals surface area (Å²) in [6.07, 6.45) is -0.106. The number of aliphatic carboxylic acids is 1. The Labute approximate surface area is 116 Å².